The Morgan fingerprint density at radius 2 is 1.96 bits per heavy atom. The molecule has 1 fully saturated rings. The third-order valence-corrected chi connectivity index (χ3v) is 4.69. The standard InChI is InChI=1S/C18H23FN4/c1-12-13(2)21-17(15-4-3-5-16(19)10-15)22-18(12)23-8-6-14(11-20)7-9-23/h3-5,10,14H,6-9,11,20H2,1-2H3. The van der Waals surface area contributed by atoms with E-state index < -0.39 is 0 Å². The van der Waals surface area contributed by atoms with Crippen molar-refractivity contribution in [3.05, 3.63) is 41.3 Å². The van der Waals surface area contributed by atoms with Crippen LogP contribution in [0.1, 0.15) is 24.1 Å². The van der Waals surface area contributed by atoms with E-state index in [4.69, 9.17) is 10.7 Å². The second kappa shape index (κ2) is 6.62. The third-order valence-electron chi connectivity index (χ3n) is 4.69. The van der Waals surface area contributed by atoms with Gasteiger partial charge in [0.05, 0.1) is 0 Å². The molecule has 4 nitrogen and oxygen atoms in total. The minimum atomic E-state index is -0.269. The first-order chi connectivity index (χ1) is 11.1. The van der Waals surface area contributed by atoms with Crippen LogP contribution in [0.3, 0.4) is 0 Å². The summed E-state index contributed by atoms with van der Waals surface area (Å²) >= 11 is 0. The predicted octanol–water partition coefficient (Wildman–Crippen LogP) is 3.07. The summed E-state index contributed by atoms with van der Waals surface area (Å²) in [5.41, 5.74) is 8.52. The zero-order valence-electron chi connectivity index (χ0n) is 13.7. The number of aromatic nitrogens is 2. The van der Waals surface area contributed by atoms with E-state index in [0.29, 0.717) is 17.3 Å². The van der Waals surface area contributed by atoms with Crippen LogP contribution in [0, 0.1) is 25.6 Å². The van der Waals surface area contributed by atoms with Crippen molar-refractivity contribution in [2.24, 2.45) is 11.7 Å². The molecule has 0 saturated carbocycles. The zero-order valence-corrected chi connectivity index (χ0v) is 13.7. The zero-order chi connectivity index (χ0) is 16.4. The molecule has 2 heterocycles. The molecule has 1 aliphatic heterocycles. The average Bonchev–Trinajstić information content (AvgIpc) is 2.57. The lowest BCUT2D eigenvalue weighted by Gasteiger charge is -2.33. The van der Waals surface area contributed by atoms with Gasteiger partial charge in [-0.15, -0.1) is 0 Å². The summed E-state index contributed by atoms with van der Waals surface area (Å²) in [6, 6.07) is 6.45. The van der Waals surface area contributed by atoms with Crippen molar-refractivity contribution >= 4 is 5.82 Å². The molecule has 0 aliphatic carbocycles. The lowest BCUT2D eigenvalue weighted by Crippen LogP contribution is -2.37. The summed E-state index contributed by atoms with van der Waals surface area (Å²) < 4.78 is 13.5. The molecule has 0 atom stereocenters. The normalized spacial score (nSPS) is 15.9. The quantitative estimate of drug-likeness (QED) is 0.946. The molecule has 2 aromatic rings. The van der Waals surface area contributed by atoms with Crippen molar-refractivity contribution in [3.63, 3.8) is 0 Å². The fourth-order valence-electron chi connectivity index (χ4n) is 3.06. The van der Waals surface area contributed by atoms with Gasteiger partial charge in [0.1, 0.15) is 11.6 Å². The highest BCUT2D eigenvalue weighted by atomic mass is 19.1. The Morgan fingerprint density at radius 1 is 1.22 bits per heavy atom. The Morgan fingerprint density at radius 3 is 2.61 bits per heavy atom. The Bertz CT molecular complexity index is 693. The molecule has 3 rings (SSSR count). The number of halogens is 1. The van der Waals surface area contributed by atoms with Crippen molar-refractivity contribution in [2.75, 3.05) is 24.5 Å². The van der Waals surface area contributed by atoms with Gasteiger partial charge in [-0.05, 0) is 51.3 Å². The van der Waals surface area contributed by atoms with E-state index in [1.54, 1.807) is 6.07 Å². The molecule has 0 radical (unpaired) electrons. The van der Waals surface area contributed by atoms with Crippen molar-refractivity contribution in [1.82, 2.24) is 9.97 Å². The lowest BCUT2D eigenvalue weighted by molar-refractivity contribution is 0.412. The van der Waals surface area contributed by atoms with E-state index in [2.05, 4.69) is 16.8 Å². The van der Waals surface area contributed by atoms with Crippen LogP contribution in [-0.4, -0.2) is 29.6 Å². The van der Waals surface area contributed by atoms with E-state index >= 15 is 0 Å². The van der Waals surface area contributed by atoms with Crippen LogP contribution in [0.5, 0.6) is 0 Å². The Balaban J connectivity index is 1.94. The number of nitrogens with zero attached hydrogens (tertiary/aromatic N) is 3. The van der Waals surface area contributed by atoms with Gasteiger partial charge in [0.25, 0.3) is 0 Å². The van der Waals surface area contributed by atoms with Crippen molar-refractivity contribution in [2.45, 2.75) is 26.7 Å². The number of nitrogens with two attached hydrogens (primary N) is 1. The fourth-order valence-corrected chi connectivity index (χ4v) is 3.06. The first-order valence-electron chi connectivity index (χ1n) is 8.14. The molecule has 5 heteroatoms. The van der Waals surface area contributed by atoms with Crippen molar-refractivity contribution in [3.8, 4) is 11.4 Å². The second-order valence-electron chi connectivity index (χ2n) is 6.26. The summed E-state index contributed by atoms with van der Waals surface area (Å²) in [7, 11) is 0. The van der Waals surface area contributed by atoms with Crippen LogP contribution in [0.4, 0.5) is 10.2 Å². The van der Waals surface area contributed by atoms with Crippen LogP contribution in [-0.2, 0) is 0 Å². The van der Waals surface area contributed by atoms with Gasteiger partial charge in [0, 0.05) is 29.9 Å². The number of hydrogen-bond acceptors (Lipinski definition) is 4. The molecule has 1 aromatic heterocycles. The van der Waals surface area contributed by atoms with E-state index in [9.17, 15) is 4.39 Å². The smallest absolute Gasteiger partial charge is 0.161 e. The van der Waals surface area contributed by atoms with Gasteiger partial charge in [-0.3, -0.25) is 0 Å². The van der Waals surface area contributed by atoms with Crippen LogP contribution < -0.4 is 10.6 Å². The van der Waals surface area contributed by atoms with Crippen molar-refractivity contribution < 1.29 is 4.39 Å². The summed E-state index contributed by atoms with van der Waals surface area (Å²) in [5, 5.41) is 0. The lowest BCUT2D eigenvalue weighted by atomic mass is 9.97. The van der Waals surface area contributed by atoms with Gasteiger partial charge in [-0.2, -0.15) is 0 Å². The van der Waals surface area contributed by atoms with Gasteiger partial charge < -0.3 is 10.6 Å². The molecule has 2 N–H and O–H groups in total. The summed E-state index contributed by atoms with van der Waals surface area (Å²) in [4.78, 5) is 11.6. The molecule has 23 heavy (non-hydrogen) atoms. The predicted molar refractivity (Wildman–Crippen MR) is 90.9 cm³/mol. The number of anilines is 1. The topological polar surface area (TPSA) is 55.0 Å². The monoisotopic (exact) mass is 314 g/mol. The number of piperidine rings is 1. The molecule has 0 bridgehead atoms. The minimum absolute atomic E-state index is 0.269. The molecule has 1 aromatic carbocycles. The van der Waals surface area contributed by atoms with E-state index in [1.807, 2.05) is 13.0 Å². The highest BCUT2D eigenvalue weighted by molar-refractivity contribution is 5.60. The molecular formula is C18H23FN4. The summed E-state index contributed by atoms with van der Waals surface area (Å²) in [6.07, 6.45) is 2.18. The first-order valence-corrected chi connectivity index (χ1v) is 8.14. The van der Waals surface area contributed by atoms with Gasteiger partial charge >= 0.3 is 0 Å². The largest absolute Gasteiger partial charge is 0.356 e. The summed E-state index contributed by atoms with van der Waals surface area (Å²) in [5.74, 6) is 1.89. The third kappa shape index (κ3) is 3.34. The van der Waals surface area contributed by atoms with Gasteiger partial charge in [0.2, 0.25) is 0 Å². The molecule has 0 unspecified atom stereocenters. The Hall–Kier alpha value is -2.01. The van der Waals surface area contributed by atoms with Crippen LogP contribution in [0.25, 0.3) is 11.4 Å². The highest BCUT2D eigenvalue weighted by Crippen LogP contribution is 2.28. The number of hydrogen-bond donors (Lipinski definition) is 1. The van der Waals surface area contributed by atoms with Gasteiger partial charge in [-0.1, -0.05) is 12.1 Å². The first kappa shape index (κ1) is 15.9. The highest BCUT2D eigenvalue weighted by Gasteiger charge is 2.22. The van der Waals surface area contributed by atoms with Crippen molar-refractivity contribution in [1.29, 1.82) is 0 Å². The van der Waals surface area contributed by atoms with E-state index in [-0.39, 0.29) is 5.82 Å². The van der Waals surface area contributed by atoms with Crippen LogP contribution in [0.15, 0.2) is 24.3 Å². The summed E-state index contributed by atoms with van der Waals surface area (Å²) in [6.45, 7) is 6.71. The Labute approximate surface area is 136 Å². The number of benzene rings is 1. The Kier molecular flexibility index (Phi) is 4.57. The SMILES string of the molecule is Cc1nc(-c2cccc(F)c2)nc(N2CCC(CN)CC2)c1C. The fraction of sp³-hybridized carbons (Fsp3) is 0.444. The van der Waals surface area contributed by atoms with E-state index in [1.165, 1.54) is 12.1 Å². The number of rotatable bonds is 3. The molecule has 1 saturated heterocycles. The molecule has 122 valence electrons. The maximum absolute atomic E-state index is 13.5. The van der Waals surface area contributed by atoms with E-state index in [0.717, 1.165) is 49.6 Å². The van der Waals surface area contributed by atoms with Gasteiger partial charge in [-0.25, -0.2) is 14.4 Å². The molecule has 0 amide bonds. The van der Waals surface area contributed by atoms with Crippen LogP contribution >= 0.6 is 0 Å². The molecule has 1 aliphatic rings. The average molecular weight is 314 g/mol. The molecule has 0 spiro atoms. The maximum Gasteiger partial charge on any atom is 0.161 e. The van der Waals surface area contributed by atoms with Gasteiger partial charge in [0.15, 0.2) is 5.82 Å². The maximum atomic E-state index is 13.5. The van der Waals surface area contributed by atoms with Crippen LogP contribution in [0.2, 0.25) is 0 Å². The minimum Gasteiger partial charge on any atom is -0.356 e. The second-order valence-corrected chi connectivity index (χ2v) is 6.26. The molecular weight excluding hydrogens is 291 g/mol. The number of aryl methyl sites for hydroxylation is 1.